The van der Waals surface area contributed by atoms with Crippen LogP contribution in [-0.2, 0) is 11.3 Å². The summed E-state index contributed by atoms with van der Waals surface area (Å²) in [6, 6.07) is 6.31. The van der Waals surface area contributed by atoms with Gasteiger partial charge in [-0.15, -0.1) is 0 Å². The summed E-state index contributed by atoms with van der Waals surface area (Å²) in [5, 5.41) is 3.40. The molecule has 0 amide bonds. The summed E-state index contributed by atoms with van der Waals surface area (Å²) >= 11 is 0. The van der Waals surface area contributed by atoms with Gasteiger partial charge in [-0.2, -0.15) is 0 Å². The first-order valence-electron chi connectivity index (χ1n) is 6.22. The molecule has 1 N–H and O–H groups in total. The summed E-state index contributed by atoms with van der Waals surface area (Å²) in [6.07, 6.45) is 2.40. The van der Waals surface area contributed by atoms with Crippen LogP contribution in [-0.4, -0.2) is 27.3 Å². The van der Waals surface area contributed by atoms with Crippen LogP contribution in [0.25, 0.3) is 0 Å². The lowest BCUT2D eigenvalue weighted by molar-refractivity contribution is 0.180. The van der Waals surface area contributed by atoms with Crippen LogP contribution in [0.4, 0.5) is 0 Å². The summed E-state index contributed by atoms with van der Waals surface area (Å²) in [7, 11) is 3.46. The second kappa shape index (κ2) is 6.03. The first-order chi connectivity index (χ1) is 8.36. The van der Waals surface area contributed by atoms with Crippen molar-refractivity contribution in [3.63, 3.8) is 0 Å². The first-order valence-corrected chi connectivity index (χ1v) is 6.22. The van der Waals surface area contributed by atoms with E-state index >= 15 is 0 Å². The molecule has 1 aliphatic heterocycles. The zero-order chi connectivity index (χ0) is 12.1. The molecule has 0 saturated carbocycles. The minimum Gasteiger partial charge on any atom is -0.496 e. The number of ether oxygens (including phenoxy) is 2. The summed E-state index contributed by atoms with van der Waals surface area (Å²) in [4.78, 5) is 0. The Labute approximate surface area is 103 Å². The van der Waals surface area contributed by atoms with Gasteiger partial charge in [-0.05, 0) is 43.5 Å². The van der Waals surface area contributed by atoms with Crippen LogP contribution in [0.3, 0.4) is 0 Å². The molecule has 94 valence electrons. The van der Waals surface area contributed by atoms with Gasteiger partial charge in [0.05, 0.1) is 13.7 Å². The Kier molecular flexibility index (Phi) is 4.40. The Morgan fingerprint density at radius 1 is 1.24 bits per heavy atom. The molecule has 17 heavy (non-hydrogen) atoms. The molecule has 1 heterocycles. The average molecular weight is 235 g/mol. The number of methoxy groups -OCH3 is 2. The van der Waals surface area contributed by atoms with Crippen LogP contribution in [0.5, 0.6) is 5.75 Å². The van der Waals surface area contributed by atoms with E-state index in [2.05, 4.69) is 17.4 Å². The quantitative estimate of drug-likeness (QED) is 0.868. The van der Waals surface area contributed by atoms with Crippen LogP contribution in [0.15, 0.2) is 18.2 Å². The number of piperidine rings is 1. The molecular formula is C14H21NO2. The van der Waals surface area contributed by atoms with Crippen LogP contribution < -0.4 is 10.1 Å². The third-order valence-electron chi connectivity index (χ3n) is 3.46. The third kappa shape index (κ3) is 2.79. The van der Waals surface area contributed by atoms with Crippen molar-refractivity contribution in [3.8, 4) is 5.75 Å². The summed E-state index contributed by atoms with van der Waals surface area (Å²) in [5.74, 6) is 1.58. The fraction of sp³-hybridized carbons (Fsp3) is 0.571. The average Bonchev–Trinajstić information content (AvgIpc) is 2.40. The Hall–Kier alpha value is -1.06. The van der Waals surface area contributed by atoms with Crippen molar-refractivity contribution in [2.75, 3.05) is 27.3 Å². The van der Waals surface area contributed by atoms with Gasteiger partial charge in [0, 0.05) is 12.7 Å². The molecular weight excluding hydrogens is 214 g/mol. The third-order valence-corrected chi connectivity index (χ3v) is 3.46. The molecule has 0 bridgehead atoms. The highest BCUT2D eigenvalue weighted by molar-refractivity contribution is 5.42. The molecule has 1 aromatic rings. The van der Waals surface area contributed by atoms with E-state index in [-0.39, 0.29) is 0 Å². The van der Waals surface area contributed by atoms with Crippen LogP contribution in [0, 0.1) is 0 Å². The zero-order valence-electron chi connectivity index (χ0n) is 10.7. The van der Waals surface area contributed by atoms with Gasteiger partial charge >= 0.3 is 0 Å². The molecule has 0 atom stereocenters. The second-order valence-electron chi connectivity index (χ2n) is 4.49. The SMILES string of the molecule is COCc1c(OC)cccc1C1CCNCC1. The van der Waals surface area contributed by atoms with Gasteiger partial charge in [0.25, 0.3) is 0 Å². The molecule has 0 aromatic heterocycles. The summed E-state index contributed by atoms with van der Waals surface area (Å²) in [5.41, 5.74) is 2.61. The number of hydrogen-bond acceptors (Lipinski definition) is 3. The van der Waals surface area contributed by atoms with Crippen LogP contribution >= 0.6 is 0 Å². The molecule has 1 aromatic carbocycles. The number of hydrogen-bond donors (Lipinski definition) is 1. The monoisotopic (exact) mass is 235 g/mol. The molecule has 1 aliphatic rings. The number of nitrogens with one attached hydrogen (secondary N) is 1. The predicted octanol–water partition coefficient (Wildman–Crippen LogP) is 2.31. The van der Waals surface area contributed by atoms with Gasteiger partial charge in [-0.25, -0.2) is 0 Å². The topological polar surface area (TPSA) is 30.5 Å². The lowest BCUT2D eigenvalue weighted by Crippen LogP contribution is -2.27. The molecule has 0 aliphatic carbocycles. The van der Waals surface area contributed by atoms with E-state index in [1.165, 1.54) is 24.0 Å². The van der Waals surface area contributed by atoms with Crippen molar-refractivity contribution in [2.24, 2.45) is 0 Å². The first kappa shape index (κ1) is 12.4. The second-order valence-corrected chi connectivity index (χ2v) is 4.49. The van der Waals surface area contributed by atoms with Crippen LogP contribution in [0.2, 0.25) is 0 Å². The van der Waals surface area contributed by atoms with Gasteiger partial charge in [0.15, 0.2) is 0 Å². The molecule has 3 nitrogen and oxygen atoms in total. The predicted molar refractivity (Wildman–Crippen MR) is 68.6 cm³/mol. The summed E-state index contributed by atoms with van der Waals surface area (Å²) in [6.45, 7) is 2.84. The van der Waals surface area contributed by atoms with Gasteiger partial charge in [0.2, 0.25) is 0 Å². The Bertz CT molecular complexity index is 359. The standard InChI is InChI=1S/C14H21NO2/c1-16-10-13-12(4-3-5-14(13)17-2)11-6-8-15-9-7-11/h3-5,11,15H,6-10H2,1-2H3. The number of benzene rings is 1. The van der Waals surface area contributed by atoms with E-state index in [0.717, 1.165) is 18.8 Å². The van der Waals surface area contributed by atoms with Gasteiger partial charge in [0.1, 0.15) is 5.75 Å². The minimum absolute atomic E-state index is 0.628. The van der Waals surface area contributed by atoms with E-state index in [4.69, 9.17) is 9.47 Å². The largest absolute Gasteiger partial charge is 0.496 e. The highest BCUT2D eigenvalue weighted by atomic mass is 16.5. The maximum Gasteiger partial charge on any atom is 0.124 e. The van der Waals surface area contributed by atoms with Crippen LogP contribution in [0.1, 0.15) is 29.9 Å². The van der Waals surface area contributed by atoms with Gasteiger partial charge < -0.3 is 14.8 Å². The minimum atomic E-state index is 0.628. The Balaban J connectivity index is 2.30. The lowest BCUT2D eigenvalue weighted by atomic mass is 9.87. The summed E-state index contributed by atoms with van der Waals surface area (Å²) < 4.78 is 10.7. The van der Waals surface area contributed by atoms with Gasteiger partial charge in [-0.1, -0.05) is 12.1 Å². The fourth-order valence-corrected chi connectivity index (χ4v) is 2.59. The molecule has 0 radical (unpaired) electrons. The van der Waals surface area contributed by atoms with E-state index < -0.39 is 0 Å². The molecule has 3 heteroatoms. The maximum absolute atomic E-state index is 5.43. The highest BCUT2D eigenvalue weighted by Crippen LogP contribution is 2.33. The maximum atomic E-state index is 5.43. The number of rotatable bonds is 4. The molecule has 1 fully saturated rings. The highest BCUT2D eigenvalue weighted by Gasteiger charge is 2.20. The van der Waals surface area contributed by atoms with Gasteiger partial charge in [-0.3, -0.25) is 0 Å². The molecule has 0 unspecified atom stereocenters. The van der Waals surface area contributed by atoms with E-state index in [1.54, 1.807) is 14.2 Å². The van der Waals surface area contributed by atoms with Crippen molar-refractivity contribution in [2.45, 2.75) is 25.4 Å². The fourth-order valence-electron chi connectivity index (χ4n) is 2.59. The van der Waals surface area contributed by atoms with Crippen molar-refractivity contribution >= 4 is 0 Å². The van der Waals surface area contributed by atoms with Crippen molar-refractivity contribution in [3.05, 3.63) is 29.3 Å². The smallest absolute Gasteiger partial charge is 0.124 e. The lowest BCUT2D eigenvalue weighted by Gasteiger charge is -2.25. The Morgan fingerprint density at radius 3 is 2.65 bits per heavy atom. The van der Waals surface area contributed by atoms with Crippen molar-refractivity contribution in [1.82, 2.24) is 5.32 Å². The molecule has 0 spiro atoms. The van der Waals surface area contributed by atoms with Crippen molar-refractivity contribution in [1.29, 1.82) is 0 Å². The molecule has 1 saturated heterocycles. The van der Waals surface area contributed by atoms with E-state index in [0.29, 0.717) is 12.5 Å². The normalized spacial score (nSPS) is 17.1. The molecule has 2 rings (SSSR count). The van der Waals surface area contributed by atoms with Crippen molar-refractivity contribution < 1.29 is 9.47 Å². The van der Waals surface area contributed by atoms with E-state index in [9.17, 15) is 0 Å². The zero-order valence-corrected chi connectivity index (χ0v) is 10.7. The Morgan fingerprint density at radius 2 is 2.00 bits per heavy atom. The van der Waals surface area contributed by atoms with E-state index in [1.807, 2.05) is 6.07 Å².